The van der Waals surface area contributed by atoms with Gasteiger partial charge in [-0.15, -0.1) is 0 Å². The number of hydrogen-bond donors (Lipinski definition) is 2. The summed E-state index contributed by atoms with van der Waals surface area (Å²) in [4.78, 5) is 37.6. The van der Waals surface area contributed by atoms with Crippen molar-refractivity contribution < 1.29 is 14.4 Å². The van der Waals surface area contributed by atoms with Gasteiger partial charge in [-0.05, 0) is 50.1 Å². The number of rotatable bonds is 6. The summed E-state index contributed by atoms with van der Waals surface area (Å²) in [5, 5.41) is 5.69. The first-order chi connectivity index (χ1) is 14.5. The molecule has 0 bridgehead atoms. The summed E-state index contributed by atoms with van der Waals surface area (Å²) in [7, 11) is 0. The van der Waals surface area contributed by atoms with Gasteiger partial charge in [0.15, 0.2) is 5.78 Å². The van der Waals surface area contributed by atoms with Crippen LogP contribution in [0, 0.1) is 12.8 Å². The minimum atomic E-state index is -0.360. The molecule has 0 atom stereocenters. The number of ketones is 1. The van der Waals surface area contributed by atoms with Crippen LogP contribution in [0.4, 0.5) is 11.4 Å². The van der Waals surface area contributed by atoms with Crippen LogP contribution in [0.2, 0.25) is 0 Å². The Balaban J connectivity index is 1.49. The highest BCUT2D eigenvalue weighted by atomic mass is 16.2. The molecule has 0 spiro atoms. The molecule has 5 heteroatoms. The lowest BCUT2D eigenvalue weighted by molar-refractivity contribution is -0.117. The summed E-state index contributed by atoms with van der Waals surface area (Å²) >= 11 is 0. The smallest absolute Gasteiger partial charge is 0.256 e. The number of amides is 2. The van der Waals surface area contributed by atoms with Gasteiger partial charge in [0.1, 0.15) is 0 Å². The molecule has 3 aromatic rings. The molecule has 3 aromatic carbocycles. The number of hydrogen-bond acceptors (Lipinski definition) is 3. The third-order valence-corrected chi connectivity index (χ3v) is 5.09. The lowest BCUT2D eigenvalue weighted by Gasteiger charge is -2.11. The van der Waals surface area contributed by atoms with Gasteiger partial charge in [0, 0.05) is 28.4 Å². The quantitative estimate of drug-likeness (QED) is 0.584. The van der Waals surface area contributed by atoms with Gasteiger partial charge in [-0.2, -0.15) is 0 Å². The molecule has 4 rings (SSSR count). The Hall–Kier alpha value is -3.73. The fourth-order valence-electron chi connectivity index (χ4n) is 3.16. The Morgan fingerprint density at radius 2 is 1.30 bits per heavy atom. The standard InChI is InChI=1S/C25H22N2O3/c1-16-6-8-17(9-7-16)23(28)21-4-2-3-5-22(21)25(30)27-20-14-12-19(13-15-20)26-24(29)18-10-11-18/h2-9,12-15,18H,10-11H2,1H3,(H,26,29)(H,27,30). The molecule has 30 heavy (non-hydrogen) atoms. The van der Waals surface area contributed by atoms with Crippen molar-refractivity contribution in [3.63, 3.8) is 0 Å². The predicted molar refractivity (Wildman–Crippen MR) is 117 cm³/mol. The van der Waals surface area contributed by atoms with Crippen LogP contribution in [0.3, 0.4) is 0 Å². The first-order valence-electron chi connectivity index (χ1n) is 9.94. The summed E-state index contributed by atoms with van der Waals surface area (Å²) in [6, 6.07) is 21.0. The van der Waals surface area contributed by atoms with Crippen molar-refractivity contribution in [2.45, 2.75) is 19.8 Å². The van der Waals surface area contributed by atoms with Crippen molar-refractivity contribution in [3.05, 3.63) is 95.1 Å². The number of benzene rings is 3. The molecule has 1 aliphatic carbocycles. The SMILES string of the molecule is Cc1ccc(C(=O)c2ccccc2C(=O)Nc2ccc(NC(=O)C3CC3)cc2)cc1. The van der Waals surface area contributed by atoms with Crippen LogP contribution >= 0.6 is 0 Å². The third-order valence-electron chi connectivity index (χ3n) is 5.09. The molecule has 0 heterocycles. The van der Waals surface area contributed by atoms with E-state index >= 15 is 0 Å². The van der Waals surface area contributed by atoms with Gasteiger partial charge in [-0.25, -0.2) is 0 Å². The summed E-state index contributed by atoms with van der Waals surface area (Å²) in [5.74, 6) is -0.387. The fraction of sp³-hybridized carbons (Fsp3) is 0.160. The van der Waals surface area contributed by atoms with Gasteiger partial charge in [-0.3, -0.25) is 14.4 Å². The van der Waals surface area contributed by atoms with E-state index in [2.05, 4.69) is 10.6 Å². The topological polar surface area (TPSA) is 75.3 Å². The van der Waals surface area contributed by atoms with Gasteiger partial charge in [-0.1, -0.05) is 48.0 Å². The first-order valence-corrected chi connectivity index (χ1v) is 9.94. The van der Waals surface area contributed by atoms with E-state index in [1.165, 1.54) is 0 Å². The van der Waals surface area contributed by atoms with E-state index < -0.39 is 0 Å². The minimum absolute atomic E-state index is 0.0373. The van der Waals surface area contributed by atoms with E-state index in [0.717, 1.165) is 18.4 Å². The molecule has 0 radical (unpaired) electrons. The molecule has 0 unspecified atom stereocenters. The second-order valence-corrected chi connectivity index (χ2v) is 7.54. The van der Waals surface area contributed by atoms with Gasteiger partial charge in [0.05, 0.1) is 5.56 Å². The van der Waals surface area contributed by atoms with Gasteiger partial charge in [0.2, 0.25) is 5.91 Å². The van der Waals surface area contributed by atoms with Crippen LogP contribution in [-0.2, 0) is 4.79 Å². The second kappa shape index (κ2) is 8.33. The Morgan fingerprint density at radius 3 is 1.90 bits per heavy atom. The van der Waals surface area contributed by atoms with E-state index in [1.54, 1.807) is 60.7 Å². The lowest BCUT2D eigenvalue weighted by atomic mass is 9.97. The van der Waals surface area contributed by atoms with E-state index in [0.29, 0.717) is 28.1 Å². The molecule has 150 valence electrons. The average Bonchev–Trinajstić information content (AvgIpc) is 3.61. The Bertz CT molecular complexity index is 1100. The van der Waals surface area contributed by atoms with Crippen molar-refractivity contribution in [2.75, 3.05) is 10.6 Å². The normalized spacial score (nSPS) is 12.8. The van der Waals surface area contributed by atoms with Gasteiger partial charge in [0.25, 0.3) is 5.91 Å². The zero-order chi connectivity index (χ0) is 21.1. The van der Waals surface area contributed by atoms with Crippen LogP contribution in [0.1, 0.15) is 44.7 Å². The van der Waals surface area contributed by atoms with Crippen molar-refractivity contribution in [1.82, 2.24) is 0 Å². The summed E-state index contributed by atoms with van der Waals surface area (Å²) in [6.07, 6.45) is 1.89. The molecule has 2 N–H and O–H groups in total. The first kappa shape index (κ1) is 19.6. The predicted octanol–water partition coefficient (Wildman–Crippen LogP) is 4.83. The Morgan fingerprint density at radius 1 is 0.733 bits per heavy atom. The third kappa shape index (κ3) is 4.46. The van der Waals surface area contributed by atoms with E-state index in [1.807, 2.05) is 19.1 Å². The summed E-state index contributed by atoms with van der Waals surface area (Å²) in [6.45, 7) is 1.96. The minimum Gasteiger partial charge on any atom is -0.326 e. The highest BCUT2D eigenvalue weighted by Gasteiger charge is 2.29. The highest BCUT2D eigenvalue weighted by molar-refractivity contribution is 6.17. The van der Waals surface area contributed by atoms with E-state index in [-0.39, 0.29) is 23.5 Å². The molecule has 1 aliphatic rings. The number of carbonyl (C=O) groups is 3. The molecule has 1 fully saturated rings. The number of carbonyl (C=O) groups excluding carboxylic acids is 3. The summed E-state index contributed by atoms with van der Waals surface area (Å²) < 4.78 is 0. The maximum absolute atomic E-state index is 12.9. The van der Waals surface area contributed by atoms with Crippen molar-refractivity contribution in [1.29, 1.82) is 0 Å². The number of aryl methyl sites for hydroxylation is 1. The summed E-state index contributed by atoms with van der Waals surface area (Å²) in [5.41, 5.74) is 3.55. The average molecular weight is 398 g/mol. The van der Waals surface area contributed by atoms with Crippen LogP contribution in [-0.4, -0.2) is 17.6 Å². The van der Waals surface area contributed by atoms with Crippen molar-refractivity contribution >= 4 is 29.0 Å². The molecule has 0 aliphatic heterocycles. The van der Waals surface area contributed by atoms with Crippen LogP contribution in [0.15, 0.2) is 72.8 Å². The maximum Gasteiger partial charge on any atom is 0.256 e. The van der Waals surface area contributed by atoms with Crippen molar-refractivity contribution in [3.8, 4) is 0 Å². The zero-order valence-electron chi connectivity index (χ0n) is 16.6. The molecule has 1 saturated carbocycles. The molecule has 2 amide bonds. The van der Waals surface area contributed by atoms with Crippen LogP contribution < -0.4 is 10.6 Å². The maximum atomic E-state index is 12.9. The van der Waals surface area contributed by atoms with E-state index in [9.17, 15) is 14.4 Å². The van der Waals surface area contributed by atoms with Crippen LogP contribution in [0.5, 0.6) is 0 Å². The van der Waals surface area contributed by atoms with Crippen molar-refractivity contribution in [2.24, 2.45) is 5.92 Å². The Labute approximate surface area is 175 Å². The zero-order valence-corrected chi connectivity index (χ0v) is 16.6. The molecule has 0 aromatic heterocycles. The molecule has 5 nitrogen and oxygen atoms in total. The molecular formula is C25H22N2O3. The van der Waals surface area contributed by atoms with Gasteiger partial charge >= 0.3 is 0 Å². The lowest BCUT2D eigenvalue weighted by Crippen LogP contribution is -2.17. The molecular weight excluding hydrogens is 376 g/mol. The van der Waals surface area contributed by atoms with Crippen LogP contribution in [0.25, 0.3) is 0 Å². The Kier molecular flexibility index (Phi) is 5.44. The molecule has 0 saturated heterocycles. The van der Waals surface area contributed by atoms with Gasteiger partial charge < -0.3 is 10.6 Å². The largest absolute Gasteiger partial charge is 0.326 e. The fourth-order valence-corrected chi connectivity index (χ4v) is 3.16. The highest BCUT2D eigenvalue weighted by Crippen LogP contribution is 2.30. The number of nitrogens with one attached hydrogen (secondary N) is 2. The second-order valence-electron chi connectivity index (χ2n) is 7.54. The number of anilines is 2. The van der Waals surface area contributed by atoms with E-state index in [4.69, 9.17) is 0 Å². The monoisotopic (exact) mass is 398 g/mol.